The monoisotopic (exact) mass is 255 g/mol. The summed E-state index contributed by atoms with van der Waals surface area (Å²) in [7, 11) is -0.760. The maximum atomic E-state index is 11.6. The fraction of sp³-hybridized carbons (Fsp3) is 0.455. The molecule has 0 saturated carbocycles. The number of hydrogen-bond donors (Lipinski definition) is 2. The molecule has 1 aromatic carbocycles. The Hall–Kier alpha value is -1.43. The Morgan fingerprint density at radius 2 is 2.06 bits per heavy atom. The van der Waals surface area contributed by atoms with Crippen LogP contribution in [0.5, 0.6) is 5.75 Å². The van der Waals surface area contributed by atoms with Crippen LogP contribution in [0.4, 0.5) is 11.4 Å². The van der Waals surface area contributed by atoms with Crippen molar-refractivity contribution in [3.05, 3.63) is 18.2 Å². The van der Waals surface area contributed by atoms with Gasteiger partial charge in [-0.15, -0.1) is 0 Å². The van der Waals surface area contributed by atoms with Crippen LogP contribution in [0.2, 0.25) is 0 Å². The van der Waals surface area contributed by atoms with Gasteiger partial charge in [-0.25, -0.2) is 4.21 Å². The summed E-state index contributed by atoms with van der Waals surface area (Å²) in [5.74, 6) is 1.51. The molecular weight excluding hydrogens is 238 g/mol. The van der Waals surface area contributed by atoms with Gasteiger partial charge in [-0.2, -0.15) is 0 Å². The highest BCUT2D eigenvalue weighted by Gasteiger charge is 2.19. The maximum Gasteiger partial charge on any atom is 0.143 e. The molecule has 0 aromatic heterocycles. The molecule has 3 N–H and O–H groups in total. The molecule has 0 aliphatic carbocycles. The number of benzene rings is 1. The Labute approximate surface area is 102 Å². The van der Waals surface area contributed by atoms with Gasteiger partial charge < -0.3 is 15.4 Å². The normalized spacial score (nSPS) is 19.0. The number of ether oxygens (including phenoxy) is 1. The van der Waals surface area contributed by atoms with Gasteiger partial charge in [0.2, 0.25) is 0 Å². The first kappa shape index (κ1) is 12.0. The topological polar surface area (TPSA) is 79.4 Å². The molecular formula is C11H17N3O2S. The van der Waals surface area contributed by atoms with E-state index in [-0.39, 0.29) is 0 Å². The van der Waals surface area contributed by atoms with Crippen LogP contribution in [0.3, 0.4) is 0 Å². The highest BCUT2D eigenvalue weighted by molar-refractivity contribution is 7.92. The number of hydrogen-bond acceptors (Lipinski definition) is 5. The van der Waals surface area contributed by atoms with Crippen molar-refractivity contribution in [1.82, 2.24) is 0 Å². The Balaban J connectivity index is 2.19. The molecule has 0 spiro atoms. The van der Waals surface area contributed by atoms with Gasteiger partial charge in [0.15, 0.2) is 0 Å². The minimum atomic E-state index is -2.35. The minimum absolute atomic E-state index is 0.430. The largest absolute Gasteiger partial charge is 0.495 e. The molecule has 0 amide bonds. The third kappa shape index (κ3) is 2.63. The lowest BCUT2D eigenvalue weighted by molar-refractivity contribution is 0.417. The summed E-state index contributed by atoms with van der Waals surface area (Å²) >= 11 is 0. The molecule has 1 aliphatic rings. The Kier molecular flexibility index (Phi) is 3.15. The van der Waals surface area contributed by atoms with Crippen molar-refractivity contribution in [1.29, 1.82) is 4.78 Å². The molecule has 17 heavy (non-hydrogen) atoms. The SMILES string of the molecule is COc1cc(N2CCS(=N)(=O)CC2)ccc1N. The van der Waals surface area contributed by atoms with Crippen molar-refractivity contribution < 1.29 is 8.95 Å². The molecule has 1 aliphatic heterocycles. The third-order valence-corrected chi connectivity index (χ3v) is 4.65. The summed E-state index contributed by atoms with van der Waals surface area (Å²) in [6, 6.07) is 5.61. The zero-order chi connectivity index (χ0) is 12.5. The number of rotatable bonds is 2. The summed E-state index contributed by atoms with van der Waals surface area (Å²) in [5, 5.41) is 0. The number of methoxy groups -OCH3 is 1. The molecule has 1 fully saturated rings. The van der Waals surface area contributed by atoms with E-state index in [2.05, 4.69) is 4.90 Å². The van der Waals surface area contributed by atoms with Gasteiger partial charge in [0.05, 0.1) is 12.8 Å². The molecule has 6 heteroatoms. The summed E-state index contributed by atoms with van der Waals surface area (Å²) in [6.07, 6.45) is 0. The fourth-order valence-corrected chi connectivity index (χ4v) is 3.12. The second kappa shape index (κ2) is 4.44. The molecule has 1 aromatic rings. The maximum absolute atomic E-state index is 11.6. The lowest BCUT2D eigenvalue weighted by atomic mass is 10.2. The van der Waals surface area contributed by atoms with E-state index >= 15 is 0 Å². The van der Waals surface area contributed by atoms with Gasteiger partial charge in [0, 0.05) is 46.1 Å². The zero-order valence-electron chi connectivity index (χ0n) is 9.81. The lowest BCUT2D eigenvalue weighted by Gasteiger charge is -2.30. The second-order valence-corrected chi connectivity index (χ2v) is 6.57. The van der Waals surface area contributed by atoms with Crippen LogP contribution >= 0.6 is 0 Å². The van der Waals surface area contributed by atoms with E-state index in [1.807, 2.05) is 12.1 Å². The zero-order valence-corrected chi connectivity index (χ0v) is 10.6. The van der Waals surface area contributed by atoms with E-state index in [9.17, 15) is 4.21 Å². The van der Waals surface area contributed by atoms with E-state index in [1.54, 1.807) is 13.2 Å². The predicted octanol–water partition coefficient (Wildman–Crippen LogP) is 1.14. The van der Waals surface area contributed by atoms with Gasteiger partial charge in [0.25, 0.3) is 0 Å². The van der Waals surface area contributed by atoms with E-state index in [0.29, 0.717) is 36.0 Å². The molecule has 0 bridgehead atoms. The highest BCUT2D eigenvalue weighted by Crippen LogP contribution is 2.28. The molecule has 1 heterocycles. The van der Waals surface area contributed by atoms with Crippen molar-refractivity contribution in [3.8, 4) is 5.75 Å². The summed E-state index contributed by atoms with van der Waals surface area (Å²) < 4.78 is 24.3. The van der Waals surface area contributed by atoms with E-state index < -0.39 is 9.73 Å². The predicted molar refractivity (Wildman–Crippen MR) is 70.2 cm³/mol. The summed E-state index contributed by atoms with van der Waals surface area (Å²) in [5.41, 5.74) is 7.37. The first-order valence-corrected chi connectivity index (χ1v) is 7.34. The average molecular weight is 255 g/mol. The van der Waals surface area contributed by atoms with E-state index in [4.69, 9.17) is 15.3 Å². The first-order valence-electron chi connectivity index (χ1n) is 5.44. The smallest absolute Gasteiger partial charge is 0.143 e. The summed E-state index contributed by atoms with van der Waals surface area (Å²) in [4.78, 5) is 2.11. The van der Waals surface area contributed by atoms with Crippen molar-refractivity contribution in [2.75, 3.05) is 42.3 Å². The number of nitrogens with one attached hydrogen (secondary N) is 1. The quantitative estimate of drug-likeness (QED) is 0.777. The van der Waals surface area contributed by atoms with Crippen LogP contribution in [0.1, 0.15) is 0 Å². The summed E-state index contributed by atoms with van der Waals surface area (Å²) in [6.45, 7) is 1.30. The number of nitrogen functional groups attached to an aromatic ring is 1. The number of anilines is 2. The second-order valence-electron chi connectivity index (χ2n) is 4.13. The van der Waals surface area contributed by atoms with Crippen LogP contribution in [-0.2, 0) is 9.73 Å². The van der Waals surface area contributed by atoms with E-state index in [1.165, 1.54) is 0 Å². The third-order valence-electron chi connectivity index (χ3n) is 2.96. The number of nitrogens with two attached hydrogens (primary N) is 1. The highest BCUT2D eigenvalue weighted by atomic mass is 32.2. The van der Waals surface area contributed by atoms with Gasteiger partial charge >= 0.3 is 0 Å². The standard InChI is InChI=1S/C11H17N3O2S/c1-16-11-8-9(2-3-10(11)12)14-4-6-17(13,15)7-5-14/h2-3,8,13H,4-7,12H2,1H3. The van der Waals surface area contributed by atoms with Gasteiger partial charge in [-0.3, -0.25) is 4.78 Å². The van der Waals surface area contributed by atoms with Crippen LogP contribution in [0, 0.1) is 4.78 Å². The minimum Gasteiger partial charge on any atom is -0.495 e. The van der Waals surface area contributed by atoms with Crippen molar-refractivity contribution >= 4 is 21.1 Å². The molecule has 1 saturated heterocycles. The molecule has 0 radical (unpaired) electrons. The Morgan fingerprint density at radius 1 is 1.41 bits per heavy atom. The van der Waals surface area contributed by atoms with Crippen LogP contribution in [0.25, 0.3) is 0 Å². The van der Waals surface area contributed by atoms with E-state index in [0.717, 1.165) is 5.69 Å². The number of nitrogens with zero attached hydrogens (tertiary/aromatic N) is 1. The van der Waals surface area contributed by atoms with Crippen molar-refractivity contribution in [2.45, 2.75) is 0 Å². The molecule has 0 atom stereocenters. The van der Waals surface area contributed by atoms with Gasteiger partial charge in [-0.1, -0.05) is 0 Å². The van der Waals surface area contributed by atoms with Crippen LogP contribution in [0.15, 0.2) is 18.2 Å². The Bertz CT molecular complexity index is 499. The van der Waals surface area contributed by atoms with Crippen molar-refractivity contribution in [3.63, 3.8) is 0 Å². The molecule has 2 rings (SSSR count). The molecule has 94 valence electrons. The van der Waals surface area contributed by atoms with Gasteiger partial charge in [-0.05, 0) is 12.1 Å². The molecule has 5 nitrogen and oxygen atoms in total. The van der Waals surface area contributed by atoms with Crippen molar-refractivity contribution in [2.24, 2.45) is 0 Å². The fourth-order valence-electron chi connectivity index (χ4n) is 1.88. The Morgan fingerprint density at radius 3 is 2.65 bits per heavy atom. The van der Waals surface area contributed by atoms with Gasteiger partial charge in [0.1, 0.15) is 5.75 Å². The molecule has 0 unspecified atom stereocenters. The van der Waals surface area contributed by atoms with Crippen LogP contribution < -0.4 is 15.4 Å². The lowest BCUT2D eigenvalue weighted by Crippen LogP contribution is -2.39. The first-order chi connectivity index (χ1) is 8.02. The van der Waals surface area contributed by atoms with Crippen LogP contribution in [-0.4, -0.2) is 35.9 Å². The average Bonchev–Trinajstić information content (AvgIpc) is 2.30.